The maximum Gasteiger partial charge on any atom is 0.253 e. The van der Waals surface area contributed by atoms with Gasteiger partial charge in [0.2, 0.25) is 0 Å². The molecule has 30 heavy (non-hydrogen) atoms. The number of nitrogens with one attached hydrogen (secondary N) is 2. The molecule has 1 amide bonds. The lowest BCUT2D eigenvalue weighted by molar-refractivity contribution is 0.0827. The predicted molar refractivity (Wildman–Crippen MR) is 137 cm³/mol. The van der Waals surface area contributed by atoms with Gasteiger partial charge in [-0.15, -0.1) is 24.0 Å². The van der Waals surface area contributed by atoms with Crippen molar-refractivity contribution in [1.29, 1.82) is 0 Å². The molecule has 0 unspecified atom stereocenters. The topological polar surface area (TPSA) is 60.0 Å². The summed E-state index contributed by atoms with van der Waals surface area (Å²) in [6.45, 7) is 1.51. The van der Waals surface area contributed by atoms with E-state index in [9.17, 15) is 4.79 Å². The van der Waals surface area contributed by atoms with Gasteiger partial charge in [-0.25, -0.2) is 0 Å². The van der Waals surface area contributed by atoms with E-state index < -0.39 is 0 Å². The first kappa shape index (κ1) is 25.7. The zero-order valence-electron chi connectivity index (χ0n) is 18.6. The van der Waals surface area contributed by atoms with Gasteiger partial charge < -0.3 is 20.4 Å². The first-order chi connectivity index (χ1) is 13.9. The van der Waals surface area contributed by atoms with Crippen molar-refractivity contribution in [3.8, 4) is 0 Å². The predicted octanol–water partition coefficient (Wildman–Crippen LogP) is 3.37. The van der Waals surface area contributed by atoms with Crippen molar-refractivity contribution >= 4 is 41.5 Å². The average molecular weight is 523 g/mol. The molecule has 0 bridgehead atoms. The van der Waals surface area contributed by atoms with Gasteiger partial charge in [0.05, 0.1) is 0 Å². The summed E-state index contributed by atoms with van der Waals surface area (Å²) in [7, 11) is 9.39. The molecule has 2 aromatic carbocycles. The zero-order valence-corrected chi connectivity index (χ0v) is 20.9. The van der Waals surface area contributed by atoms with Crippen LogP contribution in [0.25, 0.3) is 0 Å². The standard InChI is InChI=1S/C23H33N5O.HI/c1-24-23(25-16-6-7-18-10-14-21(15-11-18)27(2)3)26-17-19-8-12-20(13-9-19)22(29)28(4)5;/h8-15H,6-7,16-17H2,1-5H3,(H2,24,25,26);1H. The molecule has 0 atom stereocenters. The van der Waals surface area contributed by atoms with Gasteiger partial charge in [0.1, 0.15) is 0 Å². The molecule has 0 radical (unpaired) electrons. The minimum absolute atomic E-state index is 0. The summed E-state index contributed by atoms with van der Waals surface area (Å²) in [5, 5.41) is 6.67. The molecule has 164 valence electrons. The summed E-state index contributed by atoms with van der Waals surface area (Å²) >= 11 is 0. The van der Waals surface area contributed by atoms with E-state index in [2.05, 4.69) is 58.9 Å². The van der Waals surface area contributed by atoms with Gasteiger partial charge >= 0.3 is 0 Å². The van der Waals surface area contributed by atoms with E-state index in [1.165, 1.54) is 11.3 Å². The van der Waals surface area contributed by atoms with Gasteiger partial charge in [-0.1, -0.05) is 24.3 Å². The van der Waals surface area contributed by atoms with E-state index in [-0.39, 0.29) is 29.9 Å². The van der Waals surface area contributed by atoms with Gasteiger partial charge in [0.25, 0.3) is 5.91 Å². The molecule has 6 nitrogen and oxygen atoms in total. The molecule has 2 aromatic rings. The average Bonchev–Trinajstić information content (AvgIpc) is 2.73. The van der Waals surface area contributed by atoms with Gasteiger partial charge in [0, 0.05) is 59.6 Å². The Morgan fingerprint density at radius 3 is 2.03 bits per heavy atom. The monoisotopic (exact) mass is 523 g/mol. The second kappa shape index (κ2) is 13.1. The van der Waals surface area contributed by atoms with Crippen LogP contribution in [0.5, 0.6) is 0 Å². The highest BCUT2D eigenvalue weighted by Crippen LogP contribution is 2.13. The molecule has 0 spiro atoms. The minimum atomic E-state index is 0. The summed E-state index contributed by atoms with van der Waals surface area (Å²) in [6.07, 6.45) is 2.06. The van der Waals surface area contributed by atoms with Crippen LogP contribution in [0.15, 0.2) is 53.5 Å². The van der Waals surface area contributed by atoms with Crippen LogP contribution in [-0.4, -0.2) is 58.5 Å². The lowest BCUT2D eigenvalue weighted by Crippen LogP contribution is -2.37. The van der Waals surface area contributed by atoms with Crippen LogP contribution in [0.4, 0.5) is 5.69 Å². The van der Waals surface area contributed by atoms with Crippen LogP contribution < -0.4 is 15.5 Å². The van der Waals surface area contributed by atoms with Crippen molar-refractivity contribution in [3.63, 3.8) is 0 Å². The highest BCUT2D eigenvalue weighted by molar-refractivity contribution is 14.0. The lowest BCUT2D eigenvalue weighted by Gasteiger charge is -2.14. The van der Waals surface area contributed by atoms with Crippen LogP contribution >= 0.6 is 24.0 Å². The molecule has 0 aliphatic heterocycles. The number of rotatable bonds is 8. The van der Waals surface area contributed by atoms with Crippen molar-refractivity contribution in [2.45, 2.75) is 19.4 Å². The van der Waals surface area contributed by atoms with E-state index >= 15 is 0 Å². The molecule has 7 heteroatoms. The van der Waals surface area contributed by atoms with Crippen LogP contribution in [0.2, 0.25) is 0 Å². The maximum atomic E-state index is 11.9. The van der Waals surface area contributed by atoms with Crippen LogP contribution in [-0.2, 0) is 13.0 Å². The maximum absolute atomic E-state index is 11.9. The van der Waals surface area contributed by atoms with Crippen molar-refractivity contribution in [1.82, 2.24) is 15.5 Å². The SMILES string of the molecule is CN=C(NCCCc1ccc(N(C)C)cc1)NCc1ccc(C(=O)N(C)C)cc1.I. The van der Waals surface area contributed by atoms with E-state index in [1.807, 2.05) is 24.3 Å². The molecule has 0 aliphatic carbocycles. The normalized spacial score (nSPS) is 10.8. The number of hydrogen-bond acceptors (Lipinski definition) is 3. The van der Waals surface area contributed by atoms with Crippen LogP contribution in [0, 0.1) is 0 Å². The summed E-state index contributed by atoms with van der Waals surface area (Å²) < 4.78 is 0. The summed E-state index contributed by atoms with van der Waals surface area (Å²) in [4.78, 5) is 19.9. The van der Waals surface area contributed by atoms with Gasteiger partial charge in [0.15, 0.2) is 5.96 Å². The van der Waals surface area contributed by atoms with Gasteiger partial charge in [-0.2, -0.15) is 0 Å². The molecule has 2 rings (SSSR count). The number of carbonyl (C=O) groups excluding carboxylic acids is 1. The van der Waals surface area contributed by atoms with E-state index in [0.29, 0.717) is 12.1 Å². The molecule has 0 aliphatic rings. The highest BCUT2D eigenvalue weighted by atomic mass is 127. The number of hydrogen-bond donors (Lipinski definition) is 2. The second-order valence-electron chi connectivity index (χ2n) is 7.41. The van der Waals surface area contributed by atoms with Gasteiger partial charge in [-0.3, -0.25) is 9.79 Å². The Morgan fingerprint density at radius 2 is 1.50 bits per heavy atom. The minimum Gasteiger partial charge on any atom is -0.378 e. The van der Waals surface area contributed by atoms with Crippen molar-refractivity contribution in [2.24, 2.45) is 4.99 Å². The first-order valence-corrected chi connectivity index (χ1v) is 9.92. The number of halogens is 1. The number of carbonyl (C=O) groups is 1. The molecule has 0 saturated heterocycles. The van der Waals surface area contributed by atoms with Crippen molar-refractivity contribution in [3.05, 3.63) is 65.2 Å². The Hall–Kier alpha value is -2.29. The zero-order chi connectivity index (χ0) is 21.2. The smallest absolute Gasteiger partial charge is 0.253 e. The summed E-state index contributed by atoms with van der Waals surface area (Å²) in [6, 6.07) is 16.3. The summed E-state index contributed by atoms with van der Waals surface area (Å²) in [5.41, 5.74) is 4.35. The number of benzene rings is 2. The Labute approximate surface area is 197 Å². The number of amides is 1. The second-order valence-corrected chi connectivity index (χ2v) is 7.41. The fraction of sp³-hybridized carbons (Fsp3) is 0.391. The van der Waals surface area contributed by atoms with Gasteiger partial charge in [-0.05, 0) is 48.2 Å². The summed E-state index contributed by atoms with van der Waals surface area (Å²) in [5.74, 6) is 0.791. The fourth-order valence-corrected chi connectivity index (χ4v) is 2.89. The van der Waals surface area contributed by atoms with E-state index in [4.69, 9.17) is 0 Å². The van der Waals surface area contributed by atoms with Crippen LogP contribution in [0.3, 0.4) is 0 Å². The third kappa shape index (κ3) is 8.22. The number of aryl methyl sites for hydroxylation is 1. The number of aliphatic imine (C=N–C) groups is 1. The fourth-order valence-electron chi connectivity index (χ4n) is 2.89. The number of anilines is 1. The third-order valence-corrected chi connectivity index (χ3v) is 4.68. The lowest BCUT2D eigenvalue weighted by atomic mass is 10.1. The van der Waals surface area contributed by atoms with E-state index in [1.54, 1.807) is 26.0 Å². The highest BCUT2D eigenvalue weighted by Gasteiger charge is 2.07. The molecule has 0 saturated carbocycles. The van der Waals surface area contributed by atoms with Crippen LogP contribution in [0.1, 0.15) is 27.9 Å². The Kier molecular flexibility index (Phi) is 11.2. The molecule has 2 N–H and O–H groups in total. The molecule has 0 aromatic heterocycles. The molecule has 0 heterocycles. The van der Waals surface area contributed by atoms with E-state index in [0.717, 1.165) is 30.9 Å². The van der Waals surface area contributed by atoms with Crippen molar-refractivity contribution < 1.29 is 4.79 Å². The quantitative estimate of drug-likeness (QED) is 0.241. The number of nitrogens with zero attached hydrogens (tertiary/aromatic N) is 3. The number of guanidine groups is 1. The first-order valence-electron chi connectivity index (χ1n) is 9.92. The third-order valence-electron chi connectivity index (χ3n) is 4.68. The Balaban J connectivity index is 0.00000450. The Morgan fingerprint density at radius 1 is 0.900 bits per heavy atom. The molecule has 0 fully saturated rings. The molecular weight excluding hydrogens is 489 g/mol. The Bertz CT molecular complexity index is 801. The van der Waals surface area contributed by atoms with Crippen molar-refractivity contribution in [2.75, 3.05) is 46.7 Å². The molecular formula is C23H34IN5O. The largest absolute Gasteiger partial charge is 0.378 e.